The molecule has 2 amide bonds. The Kier molecular flexibility index (Phi) is 9.80. The lowest BCUT2D eigenvalue weighted by atomic mass is 10.0. The normalized spacial score (nSPS) is 15.0. The van der Waals surface area contributed by atoms with Crippen molar-refractivity contribution in [2.75, 3.05) is 19.6 Å². The van der Waals surface area contributed by atoms with Crippen molar-refractivity contribution in [1.29, 1.82) is 0 Å². The van der Waals surface area contributed by atoms with E-state index in [2.05, 4.69) is 27.8 Å². The van der Waals surface area contributed by atoms with Gasteiger partial charge in [0.2, 0.25) is 0 Å². The fraction of sp³-hybridized carbons (Fsp3) is 0.345. The molecule has 0 spiro atoms. The van der Waals surface area contributed by atoms with E-state index in [0.717, 1.165) is 30.6 Å². The predicted molar refractivity (Wildman–Crippen MR) is 144 cm³/mol. The van der Waals surface area contributed by atoms with Crippen molar-refractivity contribution in [3.05, 3.63) is 95.3 Å². The second-order valence-corrected chi connectivity index (χ2v) is 9.50. The highest BCUT2D eigenvalue weighted by Gasteiger charge is 2.30. The third kappa shape index (κ3) is 7.85. The second-order valence-electron chi connectivity index (χ2n) is 9.50. The van der Waals surface area contributed by atoms with E-state index in [1.54, 1.807) is 35.9 Å². The van der Waals surface area contributed by atoms with Gasteiger partial charge in [0.1, 0.15) is 18.4 Å². The molecule has 9 nitrogen and oxygen atoms in total. The van der Waals surface area contributed by atoms with E-state index in [-0.39, 0.29) is 12.5 Å². The van der Waals surface area contributed by atoms with E-state index in [1.807, 2.05) is 42.2 Å². The molecule has 4 N–H and O–H groups in total. The fourth-order valence-electron chi connectivity index (χ4n) is 4.59. The van der Waals surface area contributed by atoms with Gasteiger partial charge in [-0.05, 0) is 67.3 Å². The Morgan fingerprint density at radius 1 is 1.05 bits per heavy atom. The summed E-state index contributed by atoms with van der Waals surface area (Å²) in [5, 5.41) is 15.7. The Labute approximate surface area is 223 Å². The molecular formula is C29H35N5O4. The van der Waals surface area contributed by atoms with Crippen molar-refractivity contribution in [2.24, 2.45) is 0 Å². The summed E-state index contributed by atoms with van der Waals surface area (Å²) in [5.41, 5.74) is 5.39. The average Bonchev–Trinajstić information content (AvgIpc) is 2.96. The van der Waals surface area contributed by atoms with Crippen LogP contribution in [0.3, 0.4) is 0 Å². The van der Waals surface area contributed by atoms with Gasteiger partial charge in [0, 0.05) is 49.7 Å². The maximum absolute atomic E-state index is 12.8. The first kappa shape index (κ1) is 27.3. The first-order chi connectivity index (χ1) is 18.5. The zero-order chi connectivity index (χ0) is 26.7. The summed E-state index contributed by atoms with van der Waals surface area (Å²) >= 11 is 0. The van der Waals surface area contributed by atoms with E-state index < -0.39 is 11.9 Å². The van der Waals surface area contributed by atoms with Gasteiger partial charge in [0.05, 0.1) is 0 Å². The number of hydrogen-bond donors (Lipinski definition) is 4. The smallest absolute Gasteiger partial charge is 0.262 e. The fourth-order valence-corrected chi connectivity index (χ4v) is 4.59. The number of ether oxygens (including phenoxy) is 1. The van der Waals surface area contributed by atoms with Crippen molar-refractivity contribution >= 4 is 11.8 Å². The number of piperidine rings is 1. The minimum absolute atomic E-state index is 0.0903. The number of benzene rings is 2. The predicted octanol–water partition coefficient (Wildman–Crippen LogP) is 2.83. The van der Waals surface area contributed by atoms with E-state index in [1.165, 1.54) is 5.56 Å². The molecule has 200 valence electrons. The number of likely N-dealkylation sites (tertiary alicyclic amines) is 1. The van der Waals surface area contributed by atoms with Crippen LogP contribution in [0, 0.1) is 6.92 Å². The van der Waals surface area contributed by atoms with Crippen LogP contribution in [0.2, 0.25) is 0 Å². The van der Waals surface area contributed by atoms with E-state index in [0.29, 0.717) is 37.1 Å². The highest BCUT2D eigenvalue weighted by atomic mass is 16.5. The molecule has 1 aliphatic rings. The molecule has 0 bridgehead atoms. The summed E-state index contributed by atoms with van der Waals surface area (Å²) in [6.45, 7) is 4.60. The molecular weight excluding hydrogens is 482 g/mol. The summed E-state index contributed by atoms with van der Waals surface area (Å²) in [7, 11) is 0. The standard InChI is InChI=1S/C29H35N5O4/c1-21-17-23(11-14-30-21)20-38-26-9-7-24(8-10-26)28(35)32-19-27(29(36)33-37)34-15-12-25(13-16-34)31-18-22-5-3-2-4-6-22/h2-11,14,17,25,27,31,37H,12-13,15-16,18-20H2,1H3,(H,32,35)(H,33,36). The van der Waals surface area contributed by atoms with Gasteiger partial charge in [-0.3, -0.25) is 24.7 Å². The summed E-state index contributed by atoms with van der Waals surface area (Å²) in [6, 6.07) is 20.7. The van der Waals surface area contributed by atoms with Gasteiger partial charge < -0.3 is 15.4 Å². The summed E-state index contributed by atoms with van der Waals surface area (Å²) in [5.74, 6) is -0.176. The van der Waals surface area contributed by atoms with Gasteiger partial charge in [-0.15, -0.1) is 0 Å². The minimum atomic E-state index is -0.662. The first-order valence-electron chi connectivity index (χ1n) is 12.9. The van der Waals surface area contributed by atoms with Crippen LogP contribution in [0.4, 0.5) is 0 Å². The summed E-state index contributed by atoms with van der Waals surface area (Å²) in [4.78, 5) is 31.4. The van der Waals surface area contributed by atoms with Crippen LogP contribution < -0.4 is 20.9 Å². The number of amides is 2. The Hall–Kier alpha value is -3.79. The van der Waals surface area contributed by atoms with Gasteiger partial charge in [0.25, 0.3) is 11.8 Å². The van der Waals surface area contributed by atoms with Crippen LogP contribution in [0.5, 0.6) is 5.75 Å². The molecule has 1 saturated heterocycles. The lowest BCUT2D eigenvalue weighted by Gasteiger charge is -2.36. The van der Waals surface area contributed by atoms with Crippen molar-refractivity contribution in [3.8, 4) is 5.75 Å². The third-order valence-electron chi connectivity index (χ3n) is 6.76. The Balaban J connectivity index is 1.24. The number of aryl methyl sites for hydroxylation is 1. The van der Waals surface area contributed by atoms with Gasteiger partial charge >= 0.3 is 0 Å². The molecule has 1 aromatic heterocycles. The molecule has 4 rings (SSSR count). The van der Waals surface area contributed by atoms with Gasteiger partial charge in [-0.25, -0.2) is 5.48 Å². The molecule has 0 saturated carbocycles. The number of carbonyl (C=O) groups is 2. The van der Waals surface area contributed by atoms with Gasteiger partial charge in [-0.2, -0.15) is 0 Å². The largest absolute Gasteiger partial charge is 0.489 e. The maximum atomic E-state index is 12.8. The second kappa shape index (κ2) is 13.7. The number of nitrogens with zero attached hydrogens (tertiary/aromatic N) is 2. The molecule has 1 fully saturated rings. The molecule has 1 aliphatic heterocycles. The molecule has 0 radical (unpaired) electrons. The Morgan fingerprint density at radius 2 is 1.79 bits per heavy atom. The SMILES string of the molecule is Cc1cc(COc2ccc(C(=O)NCC(C(=O)NO)N3CCC(NCc4ccccc4)CC3)cc2)ccn1. The van der Waals surface area contributed by atoms with Crippen molar-refractivity contribution in [1.82, 2.24) is 26.0 Å². The first-order valence-corrected chi connectivity index (χ1v) is 12.9. The summed E-state index contributed by atoms with van der Waals surface area (Å²) < 4.78 is 5.80. The molecule has 1 unspecified atom stereocenters. The molecule has 1 atom stereocenters. The van der Waals surface area contributed by atoms with E-state index in [4.69, 9.17) is 4.74 Å². The number of carbonyl (C=O) groups excluding carboxylic acids is 2. The molecule has 2 heterocycles. The van der Waals surface area contributed by atoms with Crippen LogP contribution in [0.25, 0.3) is 0 Å². The Bertz CT molecular complexity index is 1180. The lowest BCUT2D eigenvalue weighted by molar-refractivity contribution is -0.135. The lowest BCUT2D eigenvalue weighted by Crippen LogP contribution is -2.55. The monoisotopic (exact) mass is 517 g/mol. The number of pyridine rings is 1. The molecule has 9 heteroatoms. The van der Waals surface area contributed by atoms with Crippen molar-refractivity contribution < 1.29 is 19.5 Å². The number of hydrogen-bond acceptors (Lipinski definition) is 7. The van der Waals surface area contributed by atoms with Gasteiger partial charge in [-0.1, -0.05) is 30.3 Å². The van der Waals surface area contributed by atoms with E-state index >= 15 is 0 Å². The van der Waals surface area contributed by atoms with Crippen LogP contribution in [0.15, 0.2) is 72.9 Å². The number of aromatic nitrogens is 1. The minimum Gasteiger partial charge on any atom is -0.489 e. The van der Waals surface area contributed by atoms with Crippen molar-refractivity contribution in [2.45, 2.75) is 45.0 Å². The van der Waals surface area contributed by atoms with Gasteiger partial charge in [0.15, 0.2) is 0 Å². The molecule has 38 heavy (non-hydrogen) atoms. The Morgan fingerprint density at radius 3 is 2.47 bits per heavy atom. The third-order valence-corrected chi connectivity index (χ3v) is 6.76. The van der Waals surface area contributed by atoms with Crippen LogP contribution in [-0.2, 0) is 17.9 Å². The maximum Gasteiger partial charge on any atom is 0.262 e. The quantitative estimate of drug-likeness (QED) is 0.228. The number of nitrogens with one attached hydrogen (secondary N) is 3. The number of hydroxylamine groups is 1. The highest BCUT2D eigenvalue weighted by molar-refractivity contribution is 5.94. The van der Waals surface area contributed by atoms with Crippen LogP contribution >= 0.6 is 0 Å². The van der Waals surface area contributed by atoms with Crippen LogP contribution in [-0.4, -0.2) is 58.6 Å². The van der Waals surface area contributed by atoms with Crippen LogP contribution in [0.1, 0.15) is 40.0 Å². The summed E-state index contributed by atoms with van der Waals surface area (Å²) in [6.07, 6.45) is 3.49. The van der Waals surface area contributed by atoms with Crippen molar-refractivity contribution in [3.63, 3.8) is 0 Å². The molecule has 3 aromatic rings. The zero-order valence-electron chi connectivity index (χ0n) is 21.6. The average molecular weight is 518 g/mol. The topological polar surface area (TPSA) is 116 Å². The number of rotatable bonds is 11. The zero-order valence-corrected chi connectivity index (χ0v) is 21.6. The molecule has 0 aliphatic carbocycles. The highest BCUT2D eigenvalue weighted by Crippen LogP contribution is 2.16. The van der Waals surface area contributed by atoms with E-state index in [9.17, 15) is 14.8 Å². The molecule has 2 aromatic carbocycles.